The molecule has 134 valence electrons. The van der Waals surface area contributed by atoms with Crippen LogP contribution in [-0.2, 0) is 11.3 Å². The maximum atomic E-state index is 12.1. The molecule has 1 amide bonds. The lowest BCUT2D eigenvalue weighted by molar-refractivity contribution is -0.117. The van der Waals surface area contributed by atoms with Gasteiger partial charge in [0.25, 0.3) is 0 Å². The number of nitrogens with one attached hydrogen (secondary N) is 2. The monoisotopic (exact) mass is 350 g/mol. The van der Waals surface area contributed by atoms with Crippen LogP contribution in [0.4, 0.5) is 5.82 Å². The predicted molar refractivity (Wildman–Crippen MR) is 99.4 cm³/mol. The number of rotatable bonds is 6. The molecule has 0 spiro atoms. The largest absolute Gasteiger partial charge is 0.347 e. The molecule has 3 heterocycles. The molecular weight excluding hydrogens is 328 g/mol. The van der Waals surface area contributed by atoms with Gasteiger partial charge in [0.1, 0.15) is 12.1 Å². The Labute approximate surface area is 151 Å². The quantitative estimate of drug-likeness (QED) is 0.713. The van der Waals surface area contributed by atoms with E-state index in [0.29, 0.717) is 5.82 Å². The van der Waals surface area contributed by atoms with Crippen molar-refractivity contribution in [1.82, 2.24) is 24.7 Å². The second-order valence-corrected chi connectivity index (χ2v) is 6.79. The van der Waals surface area contributed by atoms with Crippen molar-refractivity contribution in [3.63, 3.8) is 0 Å². The molecule has 1 saturated carbocycles. The molecule has 3 aromatic rings. The average molecular weight is 350 g/mol. The molecular formula is C19H22N6O. The van der Waals surface area contributed by atoms with Crippen molar-refractivity contribution < 1.29 is 4.79 Å². The molecule has 0 aromatic carbocycles. The molecule has 0 atom stereocenters. The summed E-state index contributed by atoms with van der Waals surface area (Å²) in [5.41, 5.74) is 4.20. The third kappa shape index (κ3) is 3.24. The Kier molecular flexibility index (Phi) is 4.28. The predicted octanol–water partition coefficient (Wildman–Crippen LogP) is 3.40. The van der Waals surface area contributed by atoms with Crippen molar-refractivity contribution in [1.29, 1.82) is 0 Å². The van der Waals surface area contributed by atoms with Gasteiger partial charge in [0.2, 0.25) is 5.91 Å². The Balaban J connectivity index is 1.72. The number of amides is 1. The number of carbonyl (C=O) groups is 1. The molecule has 1 aliphatic rings. The van der Waals surface area contributed by atoms with Crippen LogP contribution < -0.4 is 5.32 Å². The van der Waals surface area contributed by atoms with Crippen LogP contribution in [0.25, 0.3) is 22.6 Å². The number of anilines is 1. The SMILES string of the molecule is CCCn1cc(-c2ncn[nH]2)cc1-c1cc(NC(=O)C2CC2)ncc1C. The number of hydrogen-bond donors (Lipinski definition) is 2. The zero-order valence-corrected chi connectivity index (χ0v) is 15.0. The van der Waals surface area contributed by atoms with Crippen LogP contribution in [0.2, 0.25) is 0 Å². The zero-order chi connectivity index (χ0) is 18.1. The second-order valence-electron chi connectivity index (χ2n) is 6.79. The first kappa shape index (κ1) is 16.5. The molecule has 4 rings (SSSR count). The van der Waals surface area contributed by atoms with Gasteiger partial charge in [0, 0.05) is 41.7 Å². The molecule has 7 heteroatoms. The number of aromatic amines is 1. The first-order chi connectivity index (χ1) is 12.7. The van der Waals surface area contributed by atoms with Gasteiger partial charge in [-0.1, -0.05) is 6.92 Å². The summed E-state index contributed by atoms with van der Waals surface area (Å²) in [5, 5.41) is 9.79. The van der Waals surface area contributed by atoms with Crippen molar-refractivity contribution in [2.45, 2.75) is 39.7 Å². The Morgan fingerprint density at radius 1 is 1.35 bits per heavy atom. The summed E-state index contributed by atoms with van der Waals surface area (Å²) < 4.78 is 2.21. The maximum Gasteiger partial charge on any atom is 0.228 e. The summed E-state index contributed by atoms with van der Waals surface area (Å²) in [5.74, 6) is 1.57. The number of aryl methyl sites for hydroxylation is 2. The molecule has 0 bridgehead atoms. The smallest absolute Gasteiger partial charge is 0.228 e. The van der Waals surface area contributed by atoms with Gasteiger partial charge in [-0.3, -0.25) is 9.89 Å². The van der Waals surface area contributed by atoms with Crippen LogP contribution in [0.3, 0.4) is 0 Å². The van der Waals surface area contributed by atoms with E-state index >= 15 is 0 Å². The van der Waals surface area contributed by atoms with E-state index in [1.807, 2.05) is 19.2 Å². The number of pyridine rings is 1. The highest BCUT2D eigenvalue weighted by Crippen LogP contribution is 2.32. The summed E-state index contributed by atoms with van der Waals surface area (Å²) in [6.07, 6.45) is 8.38. The van der Waals surface area contributed by atoms with Crippen LogP contribution in [0, 0.1) is 12.8 Å². The molecule has 1 aliphatic carbocycles. The van der Waals surface area contributed by atoms with Gasteiger partial charge in [0.15, 0.2) is 5.82 Å². The topological polar surface area (TPSA) is 88.5 Å². The maximum absolute atomic E-state index is 12.1. The zero-order valence-electron chi connectivity index (χ0n) is 15.0. The van der Waals surface area contributed by atoms with Gasteiger partial charge in [0.05, 0.1) is 0 Å². The Hall–Kier alpha value is -2.96. The van der Waals surface area contributed by atoms with Crippen molar-refractivity contribution in [3.05, 3.63) is 36.4 Å². The van der Waals surface area contributed by atoms with Crippen LogP contribution in [0.1, 0.15) is 31.7 Å². The van der Waals surface area contributed by atoms with E-state index in [-0.39, 0.29) is 11.8 Å². The minimum absolute atomic E-state index is 0.0681. The Morgan fingerprint density at radius 2 is 2.19 bits per heavy atom. The molecule has 3 aromatic heterocycles. The van der Waals surface area contributed by atoms with E-state index in [0.717, 1.165) is 54.0 Å². The molecule has 7 nitrogen and oxygen atoms in total. The number of carbonyl (C=O) groups excluding carboxylic acids is 1. The van der Waals surface area contributed by atoms with Crippen LogP contribution >= 0.6 is 0 Å². The fourth-order valence-corrected chi connectivity index (χ4v) is 3.08. The molecule has 1 fully saturated rings. The third-order valence-electron chi connectivity index (χ3n) is 4.63. The first-order valence-corrected chi connectivity index (χ1v) is 8.99. The Morgan fingerprint density at radius 3 is 2.88 bits per heavy atom. The van der Waals surface area contributed by atoms with E-state index in [4.69, 9.17) is 0 Å². The van der Waals surface area contributed by atoms with Crippen molar-refractivity contribution in [3.8, 4) is 22.6 Å². The highest BCUT2D eigenvalue weighted by Gasteiger charge is 2.29. The standard InChI is InChI=1S/C19H22N6O/c1-3-6-25-10-14(18-21-11-22-24-18)7-16(25)15-8-17(20-9-12(15)2)23-19(26)13-4-5-13/h7-11,13H,3-6H2,1-2H3,(H,20,23,26)(H,21,22,24). The number of aromatic nitrogens is 5. The normalized spacial score (nSPS) is 13.8. The number of hydrogen-bond acceptors (Lipinski definition) is 4. The molecule has 0 saturated heterocycles. The van der Waals surface area contributed by atoms with Crippen molar-refractivity contribution in [2.75, 3.05) is 5.32 Å². The summed E-state index contributed by atoms with van der Waals surface area (Å²) in [6.45, 7) is 5.08. The fraction of sp³-hybridized carbons (Fsp3) is 0.368. The highest BCUT2D eigenvalue weighted by atomic mass is 16.2. The molecule has 26 heavy (non-hydrogen) atoms. The third-order valence-corrected chi connectivity index (χ3v) is 4.63. The second kappa shape index (κ2) is 6.74. The minimum atomic E-state index is 0.0681. The van der Waals surface area contributed by atoms with Gasteiger partial charge in [-0.05, 0) is 43.9 Å². The molecule has 0 radical (unpaired) electrons. The summed E-state index contributed by atoms with van der Waals surface area (Å²) in [6, 6.07) is 4.06. The van der Waals surface area contributed by atoms with E-state index in [2.05, 4.69) is 49.2 Å². The van der Waals surface area contributed by atoms with E-state index < -0.39 is 0 Å². The lowest BCUT2D eigenvalue weighted by atomic mass is 10.1. The lowest BCUT2D eigenvalue weighted by Gasteiger charge is -2.12. The lowest BCUT2D eigenvalue weighted by Crippen LogP contribution is -2.14. The van der Waals surface area contributed by atoms with Gasteiger partial charge >= 0.3 is 0 Å². The summed E-state index contributed by atoms with van der Waals surface area (Å²) >= 11 is 0. The first-order valence-electron chi connectivity index (χ1n) is 8.99. The average Bonchev–Trinajstić information content (AvgIpc) is 3.18. The van der Waals surface area contributed by atoms with Gasteiger partial charge in [-0.2, -0.15) is 5.10 Å². The van der Waals surface area contributed by atoms with Crippen LogP contribution in [0.5, 0.6) is 0 Å². The molecule has 2 N–H and O–H groups in total. The van der Waals surface area contributed by atoms with E-state index in [1.54, 1.807) is 0 Å². The van der Waals surface area contributed by atoms with Crippen LogP contribution in [-0.4, -0.2) is 30.6 Å². The van der Waals surface area contributed by atoms with Crippen molar-refractivity contribution in [2.24, 2.45) is 5.92 Å². The highest BCUT2D eigenvalue weighted by molar-refractivity contribution is 5.93. The summed E-state index contributed by atoms with van der Waals surface area (Å²) in [4.78, 5) is 20.7. The number of H-pyrrole nitrogens is 1. The Bertz CT molecular complexity index is 924. The minimum Gasteiger partial charge on any atom is -0.347 e. The van der Waals surface area contributed by atoms with E-state index in [9.17, 15) is 4.79 Å². The van der Waals surface area contributed by atoms with Gasteiger partial charge < -0.3 is 9.88 Å². The van der Waals surface area contributed by atoms with Gasteiger partial charge in [-0.25, -0.2) is 9.97 Å². The summed E-state index contributed by atoms with van der Waals surface area (Å²) in [7, 11) is 0. The van der Waals surface area contributed by atoms with E-state index in [1.165, 1.54) is 6.33 Å². The van der Waals surface area contributed by atoms with Gasteiger partial charge in [-0.15, -0.1) is 0 Å². The molecule has 0 unspecified atom stereocenters. The van der Waals surface area contributed by atoms with Crippen molar-refractivity contribution >= 4 is 11.7 Å². The fourth-order valence-electron chi connectivity index (χ4n) is 3.08. The van der Waals surface area contributed by atoms with Crippen LogP contribution in [0.15, 0.2) is 30.9 Å². The number of nitrogens with zero attached hydrogens (tertiary/aromatic N) is 4. The molecule has 0 aliphatic heterocycles.